The van der Waals surface area contributed by atoms with Crippen molar-refractivity contribution < 1.29 is 28.0 Å². The second kappa shape index (κ2) is 3.74. The summed E-state index contributed by atoms with van der Waals surface area (Å²) in [7, 11) is -6.31. The first-order valence-electron chi connectivity index (χ1n) is 3.20. The maximum absolute atomic E-state index is 10.4. The summed E-state index contributed by atoms with van der Waals surface area (Å²) in [5, 5.41) is 1.81. The molecule has 0 aliphatic rings. The Kier molecular flexibility index (Phi) is 3.24. The zero-order valence-electron chi connectivity index (χ0n) is 7.06. The molecule has 1 aromatic rings. The Hall–Kier alpha value is 0.180. The summed E-state index contributed by atoms with van der Waals surface area (Å²) in [6, 6.07) is 3.53. The molecule has 0 saturated heterocycles. The van der Waals surface area contributed by atoms with E-state index in [4.69, 9.17) is 0 Å². The maximum atomic E-state index is 10.4. The van der Waals surface area contributed by atoms with Crippen molar-refractivity contribution in [3.8, 4) is 0 Å². The van der Waals surface area contributed by atoms with E-state index in [1.54, 1.807) is 24.6 Å². The average molecular weight is 245 g/mol. The standard InChI is InChI=1S/C6H9ClO4S2/c1-13(2,11-7(8,9)10)6-4-3-5-12-6/h3-5H,1-2H3. The van der Waals surface area contributed by atoms with Gasteiger partial charge < -0.3 is 0 Å². The minimum atomic E-state index is -4.34. The third-order valence-electron chi connectivity index (χ3n) is 1.21. The van der Waals surface area contributed by atoms with Crippen molar-refractivity contribution in [1.82, 2.24) is 0 Å². The first-order valence-corrected chi connectivity index (χ1v) is 7.69. The van der Waals surface area contributed by atoms with E-state index in [-0.39, 0.29) is 0 Å². The first kappa shape index (κ1) is 11.3. The van der Waals surface area contributed by atoms with Crippen LogP contribution in [0.2, 0.25) is 0 Å². The minimum Gasteiger partial charge on any atom is -0.182 e. The number of thiophene rings is 1. The van der Waals surface area contributed by atoms with Crippen LogP contribution < -0.4 is 14.0 Å². The third-order valence-corrected chi connectivity index (χ3v) is 6.35. The van der Waals surface area contributed by atoms with Gasteiger partial charge in [0.05, 0.1) is 14.5 Å². The van der Waals surface area contributed by atoms with E-state index in [0.29, 0.717) is 0 Å². The summed E-state index contributed by atoms with van der Waals surface area (Å²) in [5.74, 6) is 0. The molecule has 4 nitrogen and oxygen atoms in total. The van der Waals surface area contributed by atoms with Crippen molar-refractivity contribution in [1.29, 1.82) is 0 Å². The van der Waals surface area contributed by atoms with Gasteiger partial charge in [0.1, 0.15) is 3.74 Å². The maximum Gasteiger partial charge on any atom is 0.126 e. The molecule has 1 heterocycles. The number of rotatable bonds is 3. The van der Waals surface area contributed by atoms with Crippen LogP contribution >= 0.6 is 21.6 Å². The van der Waals surface area contributed by atoms with Crippen LogP contribution in [0, 0.1) is 10.2 Å². The van der Waals surface area contributed by atoms with Gasteiger partial charge >= 0.3 is 0 Å². The lowest BCUT2D eigenvalue weighted by atomic mass is 10.7. The SMILES string of the molecule is CS(C)(O[Cl+3]([O-])([O-])[O-])c1cccs1. The van der Waals surface area contributed by atoms with Gasteiger partial charge in [-0.15, -0.1) is 11.3 Å². The molecule has 1 aromatic heterocycles. The highest BCUT2D eigenvalue weighted by molar-refractivity contribution is 8.29. The molecule has 0 saturated carbocycles. The number of hydrogen-bond acceptors (Lipinski definition) is 5. The highest BCUT2D eigenvalue weighted by atomic mass is 35.7. The average Bonchev–Trinajstić information content (AvgIpc) is 2.29. The quantitative estimate of drug-likeness (QED) is 0.683. The lowest BCUT2D eigenvalue weighted by molar-refractivity contribution is -1.91. The Bertz CT molecular complexity index is 267. The lowest BCUT2D eigenvalue weighted by Crippen LogP contribution is -2.60. The molecule has 0 unspecified atom stereocenters. The van der Waals surface area contributed by atoms with Gasteiger partial charge in [0, 0.05) is 22.8 Å². The summed E-state index contributed by atoms with van der Waals surface area (Å²) in [6.07, 6.45) is 3.22. The van der Waals surface area contributed by atoms with Crippen LogP contribution in [0.15, 0.2) is 21.7 Å². The predicted molar refractivity (Wildman–Crippen MR) is 43.1 cm³/mol. The number of hydrogen-bond donors (Lipinski definition) is 0. The molecule has 0 atom stereocenters. The fourth-order valence-electron chi connectivity index (χ4n) is 0.767. The Morgan fingerprint density at radius 2 is 2.00 bits per heavy atom. The molecule has 0 fully saturated rings. The molecule has 76 valence electrons. The van der Waals surface area contributed by atoms with E-state index in [2.05, 4.69) is 3.74 Å². The van der Waals surface area contributed by atoms with Gasteiger partial charge in [-0.3, -0.25) is 0 Å². The minimum absolute atomic E-state index is 0.777. The molecule has 0 aliphatic carbocycles. The van der Waals surface area contributed by atoms with Crippen LogP contribution in [0.3, 0.4) is 0 Å². The summed E-state index contributed by atoms with van der Waals surface area (Å²) in [6.45, 7) is 0. The zero-order valence-corrected chi connectivity index (χ0v) is 9.45. The first-order chi connectivity index (χ1) is 5.81. The van der Waals surface area contributed by atoms with Crippen LogP contribution in [-0.4, -0.2) is 12.5 Å². The fourth-order valence-corrected chi connectivity index (χ4v) is 4.74. The summed E-state index contributed by atoms with van der Waals surface area (Å²) < 4.78 is 36.3. The van der Waals surface area contributed by atoms with Gasteiger partial charge in [0.25, 0.3) is 0 Å². The second-order valence-corrected chi connectivity index (χ2v) is 7.98. The molecule has 13 heavy (non-hydrogen) atoms. The summed E-state index contributed by atoms with van der Waals surface area (Å²) in [4.78, 5) is 0. The molecule has 0 spiro atoms. The van der Waals surface area contributed by atoms with Gasteiger partial charge in [-0.05, 0) is 11.4 Å². The molecule has 1 rings (SSSR count). The number of halogens is 1. The Labute approximate surface area is 84.0 Å². The van der Waals surface area contributed by atoms with Crippen LogP contribution in [0.25, 0.3) is 0 Å². The van der Waals surface area contributed by atoms with E-state index >= 15 is 0 Å². The van der Waals surface area contributed by atoms with Crippen LogP contribution in [0.1, 0.15) is 0 Å². The molecule has 0 bridgehead atoms. The normalized spacial score (nSPS) is 14.5. The van der Waals surface area contributed by atoms with Crippen LogP contribution in [0.5, 0.6) is 0 Å². The van der Waals surface area contributed by atoms with Crippen molar-refractivity contribution in [2.75, 3.05) is 12.5 Å². The highest BCUT2D eigenvalue weighted by Gasteiger charge is 2.34. The molecule has 0 aromatic carbocycles. The lowest BCUT2D eigenvalue weighted by Gasteiger charge is -2.25. The molecular weight excluding hydrogens is 236 g/mol. The van der Waals surface area contributed by atoms with Gasteiger partial charge in [0.15, 0.2) is 0 Å². The van der Waals surface area contributed by atoms with Gasteiger partial charge in [-0.25, -0.2) is 0 Å². The fraction of sp³-hybridized carbons (Fsp3) is 0.333. The molecule has 0 aliphatic heterocycles. The topological polar surface area (TPSA) is 78.4 Å². The Balaban J connectivity index is 2.78. The van der Waals surface area contributed by atoms with Gasteiger partial charge in [-0.1, -0.05) is 6.07 Å². The van der Waals surface area contributed by atoms with Crippen LogP contribution in [-0.2, 0) is 3.74 Å². The molecule has 0 amide bonds. The smallest absolute Gasteiger partial charge is 0.126 e. The molecular formula is C6H9ClO4S2. The largest absolute Gasteiger partial charge is 0.182 e. The highest BCUT2D eigenvalue weighted by Crippen LogP contribution is 2.53. The van der Waals surface area contributed by atoms with E-state index in [0.717, 1.165) is 4.21 Å². The van der Waals surface area contributed by atoms with Crippen molar-refractivity contribution >= 4 is 21.6 Å². The van der Waals surface area contributed by atoms with E-state index in [9.17, 15) is 14.0 Å². The van der Waals surface area contributed by atoms with E-state index in [1.807, 2.05) is 5.38 Å². The monoisotopic (exact) mass is 244 g/mol. The van der Waals surface area contributed by atoms with Crippen molar-refractivity contribution in [2.24, 2.45) is 0 Å². The Morgan fingerprint density at radius 1 is 1.38 bits per heavy atom. The molecule has 0 N–H and O–H groups in total. The van der Waals surface area contributed by atoms with Gasteiger partial charge in [0.2, 0.25) is 0 Å². The summed E-state index contributed by atoms with van der Waals surface area (Å²) >= 11 is 1.37. The third kappa shape index (κ3) is 3.43. The molecule has 7 heteroatoms. The second-order valence-electron chi connectivity index (χ2n) is 2.61. The van der Waals surface area contributed by atoms with Gasteiger partial charge in [-0.2, -0.15) is 14.0 Å². The Morgan fingerprint density at radius 3 is 2.38 bits per heavy atom. The summed E-state index contributed by atoms with van der Waals surface area (Å²) in [5.41, 5.74) is 0. The van der Waals surface area contributed by atoms with Crippen molar-refractivity contribution in [3.05, 3.63) is 17.5 Å². The van der Waals surface area contributed by atoms with Crippen LogP contribution in [0.4, 0.5) is 0 Å². The van der Waals surface area contributed by atoms with E-state index in [1.165, 1.54) is 11.3 Å². The zero-order chi connectivity index (χ0) is 10.1. The van der Waals surface area contributed by atoms with Crippen molar-refractivity contribution in [3.63, 3.8) is 0 Å². The van der Waals surface area contributed by atoms with Crippen molar-refractivity contribution in [2.45, 2.75) is 4.21 Å². The molecule has 0 radical (unpaired) electrons. The predicted octanol–water partition coefficient (Wildman–Crippen LogP) is -1.000. The van der Waals surface area contributed by atoms with E-state index < -0.39 is 20.6 Å².